The van der Waals surface area contributed by atoms with Gasteiger partial charge in [-0.3, -0.25) is 4.79 Å². The van der Waals surface area contributed by atoms with Crippen molar-refractivity contribution < 1.29 is 4.79 Å². The van der Waals surface area contributed by atoms with E-state index in [0.717, 1.165) is 28.6 Å². The summed E-state index contributed by atoms with van der Waals surface area (Å²) in [5.41, 5.74) is 6.58. The Morgan fingerprint density at radius 2 is 2.29 bits per heavy atom. The minimum absolute atomic E-state index is 0. The van der Waals surface area contributed by atoms with Crippen LogP contribution in [0.2, 0.25) is 0 Å². The summed E-state index contributed by atoms with van der Waals surface area (Å²) in [6.45, 7) is 0.639. The monoisotopic (exact) mass is 338 g/mol. The van der Waals surface area contributed by atoms with E-state index in [1.54, 1.807) is 16.2 Å². The summed E-state index contributed by atoms with van der Waals surface area (Å²) in [4.78, 5) is 13.8. The van der Waals surface area contributed by atoms with Crippen LogP contribution in [0.4, 0.5) is 0 Å². The summed E-state index contributed by atoms with van der Waals surface area (Å²) in [7, 11) is 1.82. The molecule has 2 N–H and O–H groups in total. The molecule has 1 fully saturated rings. The third kappa shape index (κ3) is 3.22. The van der Waals surface area contributed by atoms with E-state index < -0.39 is 5.54 Å². The molecule has 1 aliphatic carbocycles. The summed E-state index contributed by atoms with van der Waals surface area (Å²) in [6, 6.07) is 2.04. The number of hydrogen-bond donors (Lipinski definition) is 1. The molecule has 3 nitrogen and oxygen atoms in total. The summed E-state index contributed by atoms with van der Waals surface area (Å²) in [6.07, 6.45) is 2.72. The lowest BCUT2D eigenvalue weighted by Gasteiger charge is -2.39. The number of nitrogens with two attached hydrogens (primary N) is 1. The van der Waals surface area contributed by atoms with Crippen molar-refractivity contribution in [1.29, 1.82) is 0 Å². The van der Waals surface area contributed by atoms with Gasteiger partial charge in [-0.25, -0.2) is 0 Å². The third-order valence-electron chi connectivity index (χ3n) is 3.06. The quantitative estimate of drug-likeness (QED) is 0.920. The Bertz CT molecular complexity index is 406. The first-order valence-electron chi connectivity index (χ1n) is 5.29. The number of likely N-dealkylation sites (N-methyl/N-ethyl adjacent to an activating group) is 1. The zero-order valence-corrected chi connectivity index (χ0v) is 12.8. The first-order chi connectivity index (χ1) is 7.51. The molecule has 1 saturated carbocycles. The maximum atomic E-state index is 12.1. The van der Waals surface area contributed by atoms with Crippen molar-refractivity contribution in [3.05, 3.63) is 20.8 Å². The number of nitrogens with zero attached hydrogens (tertiary/aromatic N) is 1. The largest absolute Gasteiger partial charge is 0.340 e. The molecule has 1 heterocycles. The van der Waals surface area contributed by atoms with E-state index in [1.807, 2.05) is 13.1 Å². The maximum absolute atomic E-state index is 12.1. The van der Waals surface area contributed by atoms with Crippen LogP contribution in [0.25, 0.3) is 0 Å². The van der Waals surface area contributed by atoms with Crippen molar-refractivity contribution in [2.75, 3.05) is 7.05 Å². The predicted octanol–water partition coefficient (Wildman–Crippen LogP) is 2.77. The number of carbonyl (C=O) groups excluding carboxylic acids is 1. The van der Waals surface area contributed by atoms with Gasteiger partial charge in [0.25, 0.3) is 0 Å². The summed E-state index contributed by atoms with van der Waals surface area (Å²) >= 11 is 5.05. The fourth-order valence-corrected chi connectivity index (χ4v) is 3.13. The number of halogens is 2. The lowest BCUT2D eigenvalue weighted by Crippen LogP contribution is -2.58. The molecule has 17 heavy (non-hydrogen) atoms. The number of carbonyl (C=O) groups is 1. The topological polar surface area (TPSA) is 46.3 Å². The third-order valence-corrected chi connectivity index (χ3v) is 4.61. The molecule has 1 aromatic heterocycles. The second-order valence-corrected chi connectivity index (χ2v) is 6.72. The minimum Gasteiger partial charge on any atom is -0.340 e. The summed E-state index contributed by atoms with van der Waals surface area (Å²) in [5, 5.41) is 2.05. The van der Waals surface area contributed by atoms with Gasteiger partial charge in [0.05, 0.1) is 9.33 Å². The van der Waals surface area contributed by atoms with Crippen LogP contribution in [0.3, 0.4) is 0 Å². The van der Waals surface area contributed by atoms with Gasteiger partial charge in [0.1, 0.15) is 0 Å². The molecular formula is C11H16BrClN2OS. The van der Waals surface area contributed by atoms with E-state index in [9.17, 15) is 4.79 Å². The molecule has 0 bridgehead atoms. The Labute approximate surface area is 120 Å². The molecular weight excluding hydrogens is 324 g/mol. The highest BCUT2D eigenvalue weighted by Crippen LogP contribution is 2.31. The highest BCUT2D eigenvalue weighted by Gasteiger charge is 2.41. The fourth-order valence-electron chi connectivity index (χ4n) is 1.93. The van der Waals surface area contributed by atoms with Crippen LogP contribution >= 0.6 is 39.7 Å². The van der Waals surface area contributed by atoms with Gasteiger partial charge >= 0.3 is 0 Å². The SMILES string of the molecule is CN(Cc1csc(Br)c1)C(=O)C1(N)CCC1.Cl. The number of thiophene rings is 1. The summed E-state index contributed by atoms with van der Waals surface area (Å²) < 4.78 is 1.09. The highest BCUT2D eigenvalue weighted by molar-refractivity contribution is 9.11. The molecule has 6 heteroatoms. The van der Waals surface area contributed by atoms with Gasteiger partial charge in [0, 0.05) is 13.6 Å². The molecule has 0 radical (unpaired) electrons. The van der Waals surface area contributed by atoms with Crippen molar-refractivity contribution in [2.45, 2.75) is 31.3 Å². The second-order valence-electron chi connectivity index (χ2n) is 4.43. The summed E-state index contributed by atoms with van der Waals surface area (Å²) in [5.74, 6) is 0.0704. The Morgan fingerprint density at radius 1 is 1.65 bits per heavy atom. The second kappa shape index (κ2) is 5.69. The Hall–Kier alpha value is -0.100. The lowest BCUT2D eigenvalue weighted by molar-refractivity contribution is -0.139. The molecule has 96 valence electrons. The highest BCUT2D eigenvalue weighted by atomic mass is 79.9. The van der Waals surface area contributed by atoms with Gasteiger partial charge in [-0.05, 0) is 52.2 Å². The molecule has 0 aromatic carbocycles. The standard InChI is InChI=1S/C11H15BrN2OS.ClH/c1-14(6-8-5-9(12)16-7-8)10(15)11(13)3-2-4-11;/h5,7H,2-4,6,13H2,1H3;1H. The molecule has 2 rings (SSSR count). The van der Waals surface area contributed by atoms with Crippen LogP contribution in [0.1, 0.15) is 24.8 Å². The first kappa shape index (κ1) is 15.0. The van der Waals surface area contributed by atoms with Crippen LogP contribution in [-0.4, -0.2) is 23.4 Å². The van der Waals surface area contributed by atoms with Crippen LogP contribution in [0.5, 0.6) is 0 Å². The fraction of sp³-hybridized carbons (Fsp3) is 0.545. The van der Waals surface area contributed by atoms with Gasteiger partial charge in [-0.1, -0.05) is 0 Å². The van der Waals surface area contributed by atoms with Gasteiger partial charge in [-0.15, -0.1) is 23.7 Å². The van der Waals surface area contributed by atoms with E-state index in [2.05, 4.69) is 21.3 Å². The Balaban J connectivity index is 0.00000144. The predicted molar refractivity (Wildman–Crippen MR) is 76.5 cm³/mol. The van der Waals surface area contributed by atoms with E-state index in [4.69, 9.17) is 5.73 Å². The van der Waals surface area contributed by atoms with Gasteiger partial charge < -0.3 is 10.6 Å². The average molecular weight is 340 g/mol. The minimum atomic E-state index is -0.581. The number of rotatable bonds is 3. The van der Waals surface area contributed by atoms with Crippen molar-refractivity contribution in [3.8, 4) is 0 Å². The van der Waals surface area contributed by atoms with Crippen molar-refractivity contribution >= 4 is 45.6 Å². The number of amides is 1. The zero-order chi connectivity index (χ0) is 11.8. The van der Waals surface area contributed by atoms with Gasteiger partial charge in [-0.2, -0.15) is 0 Å². The molecule has 0 saturated heterocycles. The van der Waals surface area contributed by atoms with Crippen molar-refractivity contribution in [2.24, 2.45) is 5.73 Å². The van der Waals surface area contributed by atoms with Crippen LogP contribution in [0.15, 0.2) is 15.2 Å². The average Bonchev–Trinajstić information content (AvgIpc) is 2.59. The van der Waals surface area contributed by atoms with Crippen molar-refractivity contribution in [1.82, 2.24) is 4.90 Å². The van der Waals surface area contributed by atoms with Crippen LogP contribution < -0.4 is 5.73 Å². The molecule has 1 aromatic rings. The number of hydrogen-bond acceptors (Lipinski definition) is 3. The van der Waals surface area contributed by atoms with Gasteiger partial charge in [0.2, 0.25) is 5.91 Å². The molecule has 0 aliphatic heterocycles. The molecule has 1 amide bonds. The molecule has 0 spiro atoms. The lowest BCUT2D eigenvalue weighted by atomic mass is 9.76. The van der Waals surface area contributed by atoms with Crippen molar-refractivity contribution in [3.63, 3.8) is 0 Å². The first-order valence-corrected chi connectivity index (χ1v) is 6.96. The Kier molecular flexibility index (Phi) is 5.01. The van der Waals surface area contributed by atoms with Crippen LogP contribution in [0, 0.1) is 0 Å². The molecule has 0 unspecified atom stereocenters. The van der Waals surface area contributed by atoms with Gasteiger partial charge in [0.15, 0.2) is 0 Å². The molecule has 1 aliphatic rings. The normalized spacial score (nSPS) is 16.9. The molecule has 0 atom stereocenters. The maximum Gasteiger partial charge on any atom is 0.242 e. The van der Waals surface area contributed by atoms with E-state index in [0.29, 0.717) is 6.54 Å². The Morgan fingerprint density at radius 3 is 2.71 bits per heavy atom. The van der Waals surface area contributed by atoms with Crippen LogP contribution in [-0.2, 0) is 11.3 Å². The van der Waals surface area contributed by atoms with E-state index in [-0.39, 0.29) is 18.3 Å². The van der Waals surface area contributed by atoms with E-state index >= 15 is 0 Å². The zero-order valence-electron chi connectivity index (χ0n) is 9.61. The van der Waals surface area contributed by atoms with E-state index in [1.165, 1.54) is 0 Å². The smallest absolute Gasteiger partial charge is 0.242 e.